The van der Waals surface area contributed by atoms with Crippen molar-refractivity contribution in [2.24, 2.45) is 11.7 Å². The van der Waals surface area contributed by atoms with Crippen LogP contribution in [0.5, 0.6) is 0 Å². The van der Waals surface area contributed by atoms with Gasteiger partial charge in [0.15, 0.2) is 0 Å². The monoisotopic (exact) mass is 311 g/mol. The van der Waals surface area contributed by atoms with Gasteiger partial charge in [-0.05, 0) is 17.7 Å². The normalized spacial score (nSPS) is 16.2. The van der Waals surface area contributed by atoms with E-state index in [4.69, 9.17) is 22.1 Å². The van der Waals surface area contributed by atoms with Crippen LogP contribution in [-0.2, 0) is 9.53 Å². The average molecular weight is 312 g/mol. The molecular weight excluding hydrogens is 294 g/mol. The van der Waals surface area contributed by atoms with Gasteiger partial charge >= 0.3 is 6.03 Å². The maximum atomic E-state index is 11.9. The van der Waals surface area contributed by atoms with Gasteiger partial charge in [-0.1, -0.05) is 23.7 Å². The molecule has 21 heavy (non-hydrogen) atoms. The minimum Gasteiger partial charge on any atom is -0.375 e. The molecule has 7 heteroatoms. The second-order valence-corrected chi connectivity index (χ2v) is 5.41. The van der Waals surface area contributed by atoms with Crippen molar-refractivity contribution in [1.82, 2.24) is 10.2 Å². The molecule has 1 atom stereocenters. The SMILES string of the molecule is COC(CNC(=O)N1CC(C(N)=O)C1)c1cccc(Cl)c1. The summed E-state index contributed by atoms with van der Waals surface area (Å²) in [4.78, 5) is 24.3. The molecule has 1 aliphatic heterocycles. The lowest BCUT2D eigenvalue weighted by Crippen LogP contribution is -2.57. The third kappa shape index (κ3) is 3.86. The topological polar surface area (TPSA) is 84.7 Å². The van der Waals surface area contributed by atoms with E-state index in [1.54, 1.807) is 24.1 Å². The molecule has 0 aliphatic carbocycles. The molecule has 6 nitrogen and oxygen atoms in total. The molecule has 3 amide bonds. The Labute approximate surface area is 128 Å². The van der Waals surface area contributed by atoms with Gasteiger partial charge in [-0.25, -0.2) is 4.79 Å². The number of hydrogen-bond donors (Lipinski definition) is 2. The van der Waals surface area contributed by atoms with Gasteiger partial charge in [0.05, 0.1) is 12.0 Å². The van der Waals surface area contributed by atoms with E-state index in [0.29, 0.717) is 24.7 Å². The smallest absolute Gasteiger partial charge is 0.317 e. The molecule has 0 bridgehead atoms. The van der Waals surface area contributed by atoms with Gasteiger partial charge in [-0.2, -0.15) is 0 Å². The number of hydrogen-bond acceptors (Lipinski definition) is 3. The summed E-state index contributed by atoms with van der Waals surface area (Å²) in [7, 11) is 1.57. The summed E-state index contributed by atoms with van der Waals surface area (Å²) in [5.41, 5.74) is 6.06. The molecule has 1 aliphatic rings. The van der Waals surface area contributed by atoms with E-state index >= 15 is 0 Å². The minimum absolute atomic E-state index is 0.225. The van der Waals surface area contributed by atoms with Crippen LogP contribution in [0, 0.1) is 5.92 Å². The largest absolute Gasteiger partial charge is 0.375 e. The number of nitrogens with zero attached hydrogens (tertiary/aromatic N) is 1. The number of methoxy groups -OCH3 is 1. The first-order valence-corrected chi connectivity index (χ1v) is 6.99. The number of rotatable bonds is 5. The minimum atomic E-state index is -0.368. The van der Waals surface area contributed by atoms with E-state index < -0.39 is 0 Å². The van der Waals surface area contributed by atoms with Crippen molar-refractivity contribution in [3.63, 3.8) is 0 Å². The van der Waals surface area contributed by atoms with Crippen LogP contribution in [0.25, 0.3) is 0 Å². The number of primary amides is 1. The number of likely N-dealkylation sites (tertiary alicyclic amines) is 1. The van der Waals surface area contributed by atoms with Crippen LogP contribution in [0.1, 0.15) is 11.7 Å². The van der Waals surface area contributed by atoms with Gasteiger partial charge in [-0.15, -0.1) is 0 Å². The zero-order chi connectivity index (χ0) is 15.4. The fraction of sp³-hybridized carbons (Fsp3) is 0.429. The molecule has 1 heterocycles. The number of nitrogens with two attached hydrogens (primary N) is 1. The van der Waals surface area contributed by atoms with Crippen molar-refractivity contribution in [2.75, 3.05) is 26.7 Å². The summed E-state index contributed by atoms with van der Waals surface area (Å²) in [5.74, 6) is -0.602. The lowest BCUT2D eigenvalue weighted by atomic mass is 10.0. The van der Waals surface area contributed by atoms with Crippen LogP contribution in [-0.4, -0.2) is 43.6 Å². The molecule has 114 valence electrons. The van der Waals surface area contributed by atoms with E-state index in [-0.39, 0.29) is 24.0 Å². The summed E-state index contributed by atoms with van der Waals surface area (Å²) in [6.45, 7) is 1.07. The Balaban J connectivity index is 1.84. The van der Waals surface area contributed by atoms with Gasteiger partial charge in [0.1, 0.15) is 0 Å². The Kier molecular flexibility index (Phi) is 5.03. The van der Waals surface area contributed by atoms with Crippen LogP contribution >= 0.6 is 11.6 Å². The molecule has 1 aromatic rings. The molecule has 0 spiro atoms. The van der Waals surface area contributed by atoms with E-state index in [1.807, 2.05) is 12.1 Å². The van der Waals surface area contributed by atoms with E-state index in [0.717, 1.165) is 5.56 Å². The first-order valence-electron chi connectivity index (χ1n) is 6.61. The molecule has 2 rings (SSSR count). The number of benzene rings is 1. The van der Waals surface area contributed by atoms with Gasteiger partial charge in [-0.3, -0.25) is 4.79 Å². The van der Waals surface area contributed by atoms with Gasteiger partial charge in [0.2, 0.25) is 5.91 Å². The standard InChI is InChI=1S/C14H18ClN3O3/c1-21-12(9-3-2-4-11(15)5-9)6-17-14(20)18-7-10(8-18)13(16)19/h2-5,10,12H,6-8H2,1H3,(H2,16,19)(H,17,20). The highest BCUT2D eigenvalue weighted by Gasteiger charge is 2.34. The molecular formula is C14H18ClN3O3. The van der Waals surface area contributed by atoms with E-state index in [2.05, 4.69) is 5.32 Å². The van der Waals surface area contributed by atoms with Crippen molar-refractivity contribution < 1.29 is 14.3 Å². The van der Waals surface area contributed by atoms with Crippen LogP contribution in [0.2, 0.25) is 5.02 Å². The molecule has 0 saturated carbocycles. The average Bonchev–Trinajstić information content (AvgIpc) is 2.37. The number of amides is 3. The Morgan fingerprint density at radius 1 is 1.52 bits per heavy atom. The number of carbonyl (C=O) groups excluding carboxylic acids is 2. The number of halogens is 1. The maximum absolute atomic E-state index is 11.9. The van der Waals surface area contributed by atoms with Crippen molar-refractivity contribution in [1.29, 1.82) is 0 Å². The highest BCUT2D eigenvalue weighted by atomic mass is 35.5. The van der Waals surface area contributed by atoms with E-state index in [9.17, 15) is 9.59 Å². The number of ether oxygens (including phenoxy) is 1. The molecule has 3 N–H and O–H groups in total. The van der Waals surface area contributed by atoms with Gasteiger partial charge in [0.25, 0.3) is 0 Å². The van der Waals surface area contributed by atoms with Crippen LogP contribution in [0.3, 0.4) is 0 Å². The number of urea groups is 1. The zero-order valence-corrected chi connectivity index (χ0v) is 12.5. The van der Waals surface area contributed by atoms with Crippen molar-refractivity contribution in [3.8, 4) is 0 Å². The van der Waals surface area contributed by atoms with Gasteiger partial charge in [0, 0.05) is 31.8 Å². The third-order valence-corrected chi connectivity index (χ3v) is 3.75. The second kappa shape index (κ2) is 6.78. The Hall–Kier alpha value is -1.79. The number of carbonyl (C=O) groups is 2. The summed E-state index contributed by atoms with van der Waals surface area (Å²) in [6, 6.07) is 7.07. The molecule has 1 aromatic carbocycles. The molecule has 0 radical (unpaired) electrons. The third-order valence-electron chi connectivity index (χ3n) is 3.51. The van der Waals surface area contributed by atoms with Crippen LogP contribution in [0.4, 0.5) is 4.79 Å². The van der Waals surface area contributed by atoms with Crippen molar-refractivity contribution in [2.45, 2.75) is 6.10 Å². The van der Waals surface area contributed by atoms with Crippen LogP contribution in [0.15, 0.2) is 24.3 Å². The van der Waals surface area contributed by atoms with E-state index in [1.165, 1.54) is 0 Å². The zero-order valence-electron chi connectivity index (χ0n) is 11.7. The Morgan fingerprint density at radius 3 is 2.81 bits per heavy atom. The summed E-state index contributed by atoms with van der Waals surface area (Å²) in [5, 5.41) is 3.40. The second-order valence-electron chi connectivity index (χ2n) is 4.97. The van der Waals surface area contributed by atoms with Crippen molar-refractivity contribution in [3.05, 3.63) is 34.9 Å². The lowest BCUT2D eigenvalue weighted by molar-refractivity contribution is -0.125. The lowest BCUT2D eigenvalue weighted by Gasteiger charge is -2.37. The fourth-order valence-electron chi connectivity index (χ4n) is 2.16. The molecule has 0 aromatic heterocycles. The predicted molar refractivity (Wildman–Crippen MR) is 78.9 cm³/mol. The molecule has 1 saturated heterocycles. The Morgan fingerprint density at radius 2 is 2.24 bits per heavy atom. The maximum Gasteiger partial charge on any atom is 0.317 e. The van der Waals surface area contributed by atoms with Gasteiger partial charge < -0.3 is 20.7 Å². The quantitative estimate of drug-likeness (QED) is 0.855. The predicted octanol–water partition coefficient (Wildman–Crippen LogP) is 1.15. The summed E-state index contributed by atoms with van der Waals surface area (Å²) in [6.07, 6.45) is -0.277. The first kappa shape index (κ1) is 15.6. The molecule has 1 fully saturated rings. The fourth-order valence-corrected chi connectivity index (χ4v) is 2.36. The Bertz CT molecular complexity index is 532. The number of nitrogens with one attached hydrogen (secondary N) is 1. The highest BCUT2D eigenvalue weighted by Crippen LogP contribution is 2.20. The summed E-state index contributed by atoms with van der Waals surface area (Å²) < 4.78 is 5.37. The van der Waals surface area contributed by atoms with Crippen LogP contribution < -0.4 is 11.1 Å². The highest BCUT2D eigenvalue weighted by molar-refractivity contribution is 6.30. The first-order chi connectivity index (χ1) is 10.0. The van der Waals surface area contributed by atoms with Crippen molar-refractivity contribution >= 4 is 23.5 Å². The summed E-state index contributed by atoms with van der Waals surface area (Å²) >= 11 is 5.94. The molecule has 1 unspecified atom stereocenters.